The van der Waals surface area contributed by atoms with Gasteiger partial charge in [0.05, 0.1) is 24.0 Å². The average molecular weight is 413 g/mol. The Morgan fingerprint density at radius 3 is 2.81 bits per heavy atom. The summed E-state index contributed by atoms with van der Waals surface area (Å²) >= 11 is 4.77. The molecular weight excluding hydrogens is 388 g/mol. The molecule has 5 nitrogen and oxygen atoms in total. The lowest BCUT2D eigenvalue weighted by Crippen LogP contribution is -2.26. The summed E-state index contributed by atoms with van der Waals surface area (Å²) in [6, 6.07) is 0. The predicted octanol–water partition coefficient (Wildman–Crippen LogP) is 4.36. The number of fused-ring (bicyclic) bond motifs is 1. The standard InChI is InChI=1S/C18H24N2O3S3/c1-3-12(26-18-19-9-10-24-18)15(21)20-16-14(17(22)23-4-2)11-7-5-6-8-13(11)25-16/h12H,3-10H2,1-2H3,(H,20,21)/t12-/m1/s1. The maximum absolute atomic E-state index is 12.8. The van der Waals surface area contributed by atoms with E-state index in [1.54, 1.807) is 18.7 Å². The van der Waals surface area contributed by atoms with Crippen LogP contribution in [0.4, 0.5) is 5.00 Å². The van der Waals surface area contributed by atoms with Crippen LogP contribution in [0.5, 0.6) is 0 Å². The van der Waals surface area contributed by atoms with Gasteiger partial charge in [-0.2, -0.15) is 0 Å². The van der Waals surface area contributed by atoms with Crippen LogP contribution < -0.4 is 5.32 Å². The number of hydrogen-bond acceptors (Lipinski definition) is 7. The first-order valence-electron chi connectivity index (χ1n) is 9.10. The quantitative estimate of drug-likeness (QED) is 0.703. The first kappa shape index (κ1) is 19.8. The number of carbonyl (C=O) groups excluding carboxylic acids is 2. The highest BCUT2D eigenvalue weighted by atomic mass is 32.2. The van der Waals surface area contributed by atoms with E-state index in [9.17, 15) is 9.59 Å². The molecule has 2 heterocycles. The zero-order valence-electron chi connectivity index (χ0n) is 15.1. The van der Waals surface area contributed by atoms with Gasteiger partial charge in [0.15, 0.2) is 0 Å². The largest absolute Gasteiger partial charge is 0.462 e. The Morgan fingerprint density at radius 1 is 1.31 bits per heavy atom. The minimum Gasteiger partial charge on any atom is -0.462 e. The summed E-state index contributed by atoms with van der Waals surface area (Å²) in [5, 5.41) is 3.48. The van der Waals surface area contributed by atoms with E-state index in [2.05, 4.69) is 10.3 Å². The van der Waals surface area contributed by atoms with Crippen LogP contribution in [0.15, 0.2) is 4.99 Å². The molecule has 1 aromatic heterocycles. The lowest BCUT2D eigenvalue weighted by atomic mass is 9.95. The molecule has 3 rings (SSSR count). The van der Waals surface area contributed by atoms with Gasteiger partial charge in [-0.05, 0) is 44.6 Å². The van der Waals surface area contributed by atoms with Crippen LogP contribution in [0.1, 0.15) is 53.9 Å². The highest BCUT2D eigenvalue weighted by Crippen LogP contribution is 2.39. The molecule has 0 saturated carbocycles. The van der Waals surface area contributed by atoms with E-state index < -0.39 is 0 Å². The topological polar surface area (TPSA) is 67.8 Å². The minimum absolute atomic E-state index is 0.0585. The molecule has 2 aliphatic rings. The van der Waals surface area contributed by atoms with Crippen molar-refractivity contribution >= 4 is 56.1 Å². The number of rotatable bonds is 6. The third kappa shape index (κ3) is 4.46. The fourth-order valence-corrected chi connectivity index (χ4v) is 6.53. The van der Waals surface area contributed by atoms with E-state index in [1.165, 1.54) is 28.0 Å². The van der Waals surface area contributed by atoms with Gasteiger partial charge in [-0.3, -0.25) is 9.79 Å². The summed E-state index contributed by atoms with van der Waals surface area (Å²) in [6.45, 7) is 4.97. The first-order chi connectivity index (χ1) is 12.6. The molecule has 1 aliphatic heterocycles. The Bertz CT molecular complexity index is 715. The molecule has 26 heavy (non-hydrogen) atoms. The number of carbonyl (C=O) groups is 2. The summed E-state index contributed by atoms with van der Waals surface area (Å²) in [7, 11) is 0. The van der Waals surface area contributed by atoms with Crippen LogP contribution in [0, 0.1) is 0 Å². The third-order valence-corrected chi connectivity index (χ3v) is 8.13. The van der Waals surface area contributed by atoms with Crippen LogP contribution in [0.3, 0.4) is 0 Å². The van der Waals surface area contributed by atoms with Gasteiger partial charge in [-0.15, -0.1) is 11.3 Å². The van der Waals surface area contributed by atoms with Gasteiger partial charge in [0, 0.05) is 10.6 Å². The number of ether oxygens (including phenoxy) is 1. The number of nitrogens with zero attached hydrogens (tertiary/aromatic N) is 1. The van der Waals surface area contributed by atoms with Gasteiger partial charge in [0.2, 0.25) is 5.91 Å². The Labute approximate surface area is 166 Å². The molecule has 0 spiro atoms. The predicted molar refractivity (Wildman–Crippen MR) is 112 cm³/mol. The van der Waals surface area contributed by atoms with E-state index in [1.807, 2.05) is 6.92 Å². The monoisotopic (exact) mass is 412 g/mol. The molecule has 0 saturated heterocycles. The number of thioether (sulfide) groups is 2. The first-order valence-corrected chi connectivity index (χ1v) is 11.8. The summed E-state index contributed by atoms with van der Waals surface area (Å²) in [4.78, 5) is 31.0. The van der Waals surface area contributed by atoms with Crippen molar-refractivity contribution in [1.29, 1.82) is 0 Å². The second kappa shape index (κ2) is 9.28. The Morgan fingerprint density at radius 2 is 2.12 bits per heavy atom. The van der Waals surface area contributed by atoms with Gasteiger partial charge >= 0.3 is 5.97 Å². The van der Waals surface area contributed by atoms with Crippen LogP contribution in [0.2, 0.25) is 0 Å². The fraction of sp³-hybridized carbons (Fsp3) is 0.611. The number of anilines is 1. The second-order valence-corrected chi connectivity index (χ2v) is 9.77. The number of aryl methyl sites for hydroxylation is 1. The van der Waals surface area contributed by atoms with Gasteiger partial charge in [-0.1, -0.05) is 30.4 Å². The van der Waals surface area contributed by atoms with Crippen LogP contribution in [-0.2, 0) is 22.4 Å². The Hall–Kier alpha value is -0.990. The molecule has 0 fully saturated rings. The van der Waals surface area contributed by atoms with Gasteiger partial charge in [0.1, 0.15) is 9.38 Å². The van der Waals surface area contributed by atoms with Gasteiger partial charge < -0.3 is 10.1 Å². The van der Waals surface area contributed by atoms with E-state index in [0.29, 0.717) is 17.2 Å². The number of nitrogens with one attached hydrogen (secondary N) is 1. The summed E-state index contributed by atoms with van der Waals surface area (Å²) in [6.07, 6.45) is 4.79. The molecule has 0 radical (unpaired) electrons. The second-order valence-electron chi connectivity index (χ2n) is 6.14. The molecule has 1 N–H and O–H groups in total. The van der Waals surface area contributed by atoms with E-state index in [0.717, 1.165) is 54.3 Å². The molecule has 1 atom stereocenters. The number of amides is 1. The van der Waals surface area contributed by atoms with Crippen molar-refractivity contribution < 1.29 is 14.3 Å². The fourth-order valence-electron chi connectivity index (χ4n) is 3.10. The summed E-state index contributed by atoms with van der Waals surface area (Å²) in [5.41, 5.74) is 1.65. The number of thiophene rings is 1. The number of esters is 1. The highest BCUT2D eigenvalue weighted by Gasteiger charge is 2.29. The molecule has 0 unspecified atom stereocenters. The van der Waals surface area contributed by atoms with Crippen molar-refractivity contribution in [2.75, 3.05) is 24.2 Å². The smallest absolute Gasteiger partial charge is 0.341 e. The molecule has 1 aromatic rings. The maximum Gasteiger partial charge on any atom is 0.341 e. The normalized spacial score (nSPS) is 17.4. The lowest BCUT2D eigenvalue weighted by Gasteiger charge is -2.15. The Kier molecular flexibility index (Phi) is 7.05. The highest BCUT2D eigenvalue weighted by molar-refractivity contribution is 8.39. The zero-order chi connectivity index (χ0) is 18.5. The number of hydrogen-bond donors (Lipinski definition) is 1. The molecule has 0 aromatic carbocycles. The minimum atomic E-state index is -0.321. The molecule has 142 valence electrons. The number of aliphatic imine (C=N–C) groups is 1. The van der Waals surface area contributed by atoms with Crippen molar-refractivity contribution in [3.05, 3.63) is 16.0 Å². The molecule has 1 aliphatic carbocycles. The molecule has 8 heteroatoms. The molecule has 0 bridgehead atoms. The maximum atomic E-state index is 12.8. The van der Waals surface area contributed by atoms with Gasteiger partial charge in [0.25, 0.3) is 0 Å². The zero-order valence-corrected chi connectivity index (χ0v) is 17.6. The van der Waals surface area contributed by atoms with Crippen molar-refractivity contribution in [1.82, 2.24) is 0 Å². The van der Waals surface area contributed by atoms with Crippen LogP contribution >= 0.6 is 34.9 Å². The van der Waals surface area contributed by atoms with E-state index in [-0.39, 0.29) is 17.1 Å². The van der Waals surface area contributed by atoms with Crippen molar-refractivity contribution in [3.63, 3.8) is 0 Å². The Balaban J connectivity index is 1.80. The van der Waals surface area contributed by atoms with Gasteiger partial charge in [-0.25, -0.2) is 4.79 Å². The van der Waals surface area contributed by atoms with Crippen LogP contribution in [-0.4, -0.2) is 40.4 Å². The summed E-state index contributed by atoms with van der Waals surface area (Å²) in [5.74, 6) is 0.612. The molecule has 1 amide bonds. The van der Waals surface area contributed by atoms with Crippen molar-refractivity contribution in [3.8, 4) is 0 Å². The van der Waals surface area contributed by atoms with Crippen LogP contribution in [0.25, 0.3) is 0 Å². The van der Waals surface area contributed by atoms with Crippen molar-refractivity contribution in [2.24, 2.45) is 4.99 Å². The SMILES string of the molecule is CCOC(=O)c1c(NC(=O)[C@@H](CC)SC2=NCCS2)sc2c1CCCC2. The van der Waals surface area contributed by atoms with E-state index >= 15 is 0 Å². The van der Waals surface area contributed by atoms with E-state index in [4.69, 9.17) is 4.74 Å². The third-order valence-electron chi connectivity index (χ3n) is 4.35. The van der Waals surface area contributed by atoms with Crippen molar-refractivity contribution in [2.45, 2.75) is 51.2 Å². The molecular formula is C18H24N2O3S3. The lowest BCUT2D eigenvalue weighted by molar-refractivity contribution is -0.115. The summed E-state index contributed by atoms with van der Waals surface area (Å²) < 4.78 is 6.25. The average Bonchev–Trinajstić information content (AvgIpc) is 3.26.